The summed E-state index contributed by atoms with van der Waals surface area (Å²) in [5, 5.41) is 0. The first-order valence-electron chi connectivity index (χ1n) is 4.99. The number of nitrogens with zero attached hydrogens (tertiary/aromatic N) is 2. The van der Waals surface area contributed by atoms with E-state index < -0.39 is 0 Å². The highest BCUT2D eigenvalue weighted by Gasteiger charge is 2.07. The maximum Gasteiger partial charge on any atom is 0.0440 e. The third kappa shape index (κ3) is 2.70. The summed E-state index contributed by atoms with van der Waals surface area (Å²) in [6, 6.07) is 2.02. The van der Waals surface area contributed by atoms with Gasteiger partial charge in [0, 0.05) is 43.8 Å². The van der Waals surface area contributed by atoms with Crippen LogP contribution in [0.5, 0.6) is 0 Å². The molecule has 0 aromatic carbocycles. The van der Waals surface area contributed by atoms with Crippen LogP contribution in [0.15, 0.2) is 18.5 Å². The van der Waals surface area contributed by atoms with Gasteiger partial charge in [0.25, 0.3) is 0 Å². The van der Waals surface area contributed by atoms with Gasteiger partial charge in [0.15, 0.2) is 0 Å². The molecule has 0 atom stereocenters. The second-order valence-electron chi connectivity index (χ2n) is 3.98. The van der Waals surface area contributed by atoms with E-state index in [1.54, 1.807) is 0 Å². The monoisotopic (exact) mass is 193 g/mol. The van der Waals surface area contributed by atoms with E-state index in [1.165, 1.54) is 5.69 Å². The molecule has 1 heterocycles. The minimum Gasteiger partial charge on any atom is -0.374 e. The van der Waals surface area contributed by atoms with Crippen molar-refractivity contribution in [2.24, 2.45) is 11.7 Å². The Kier molecular flexibility index (Phi) is 3.89. The highest BCUT2D eigenvalue weighted by atomic mass is 15.1. The van der Waals surface area contributed by atoms with Gasteiger partial charge >= 0.3 is 0 Å². The maximum absolute atomic E-state index is 5.65. The Morgan fingerprint density at radius 2 is 2.21 bits per heavy atom. The summed E-state index contributed by atoms with van der Waals surface area (Å²) in [7, 11) is 2.09. The van der Waals surface area contributed by atoms with Crippen LogP contribution in [0.25, 0.3) is 0 Å². The molecule has 0 amide bonds. The van der Waals surface area contributed by atoms with Gasteiger partial charge in [-0.15, -0.1) is 0 Å². The topological polar surface area (TPSA) is 42.2 Å². The van der Waals surface area contributed by atoms with Gasteiger partial charge < -0.3 is 10.6 Å². The number of hydrogen-bond donors (Lipinski definition) is 1. The van der Waals surface area contributed by atoms with Crippen molar-refractivity contribution in [3.05, 3.63) is 24.0 Å². The molecular weight excluding hydrogens is 174 g/mol. The lowest BCUT2D eigenvalue weighted by molar-refractivity contribution is 0.637. The predicted octanol–water partition coefficient (Wildman–Crippen LogP) is 1.63. The van der Waals surface area contributed by atoms with Crippen molar-refractivity contribution in [2.75, 3.05) is 18.5 Å². The Bertz CT molecular complexity index is 284. The Hall–Kier alpha value is -1.09. The van der Waals surface area contributed by atoms with E-state index in [-0.39, 0.29) is 0 Å². The average Bonchev–Trinajstić information content (AvgIpc) is 2.16. The summed E-state index contributed by atoms with van der Waals surface area (Å²) >= 11 is 0. The molecule has 0 spiro atoms. The largest absolute Gasteiger partial charge is 0.374 e. The molecule has 0 saturated carbocycles. The fourth-order valence-electron chi connectivity index (χ4n) is 1.60. The summed E-state index contributed by atoms with van der Waals surface area (Å²) in [6.07, 6.45) is 3.65. The molecule has 1 aromatic rings. The maximum atomic E-state index is 5.65. The molecule has 0 unspecified atom stereocenters. The van der Waals surface area contributed by atoms with Crippen molar-refractivity contribution >= 4 is 5.69 Å². The summed E-state index contributed by atoms with van der Waals surface area (Å²) in [5.74, 6) is 0.652. The number of nitrogens with two attached hydrogens (primary N) is 1. The second-order valence-corrected chi connectivity index (χ2v) is 3.98. The molecule has 3 heteroatoms. The number of pyridine rings is 1. The van der Waals surface area contributed by atoms with Crippen LogP contribution >= 0.6 is 0 Å². The highest BCUT2D eigenvalue weighted by molar-refractivity contribution is 5.51. The van der Waals surface area contributed by atoms with E-state index in [0.29, 0.717) is 12.5 Å². The average molecular weight is 193 g/mol. The smallest absolute Gasteiger partial charge is 0.0440 e. The lowest BCUT2D eigenvalue weighted by atomic mass is 10.1. The minimum absolute atomic E-state index is 0.547. The SMILES string of the molecule is CC(C)CN(C)c1ccncc1CN. The normalized spacial score (nSPS) is 10.6. The minimum atomic E-state index is 0.547. The van der Waals surface area contributed by atoms with Crippen LogP contribution in [-0.4, -0.2) is 18.6 Å². The Morgan fingerprint density at radius 1 is 1.50 bits per heavy atom. The second kappa shape index (κ2) is 4.96. The molecule has 78 valence electrons. The van der Waals surface area contributed by atoms with E-state index in [2.05, 4.69) is 30.8 Å². The molecule has 14 heavy (non-hydrogen) atoms. The first-order valence-corrected chi connectivity index (χ1v) is 4.99. The van der Waals surface area contributed by atoms with Crippen LogP contribution in [0.2, 0.25) is 0 Å². The molecule has 0 radical (unpaired) electrons. The van der Waals surface area contributed by atoms with Crippen LogP contribution in [0.1, 0.15) is 19.4 Å². The molecule has 0 bridgehead atoms. The van der Waals surface area contributed by atoms with Gasteiger partial charge in [-0.05, 0) is 12.0 Å². The molecule has 0 aliphatic carbocycles. The third-order valence-electron chi connectivity index (χ3n) is 2.15. The predicted molar refractivity (Wildman–Crippen MR) is 60.2 cm³/mol. The van der Waals surface area contributed by atoms with E-state index in [4.69, 9.17) is 5.73 Å². The first kappa shape index (κ1) is 11.0. The fraction of sp³-hybridized carbons (Fsp3) is 0.545. The van der Waals surface area contributed by atoms with E-state index >= 15 is 0 Å². The van der Waals surface area contributed by atoms with Crippen molar-refractivity contribution in [2.45, 2.75) is 20.4 Å². The van der Waals surface area contributed by atoms with Crippen molar-refractivity contribution < 1.29 is 0 Å². The highest BCUT2D eigenvalue weighted by Crippen LogP contribution is 2.18. The quantitative estimate of drug-likeness (QED) is 0.790. The van der Waals surface area contributed by atoms with E-state index in [9.17, 15) is 0 Å². The van der Waals surface area contributed by atoms with Gasteiger partial charge in [0.05, 0.1) is 0 Å². The summed E-state index contributed by atoms with van der Waals surface area (Å²) < 4.78 is 0. The number of rotatable bonds is 4. The number of hydrogen-bond acceptors (Lipinski definition) is 3. The zero-order chi connectivity index (χ0) is 10.6. The summed E-state index contributed by atoms with van der Waals surface area (Å²) in [4.78, 5) is 6.30. The van der Waals surface area contributed by atoms with Crippen LogP contribution < -0.4 is 10.6 Å². The fourth-order valence-corrected chi connectivity index (χ4v) is 1.60. The molecule has 1 rings (SSSR count). The lowest BCUT2D eigenvalue weighted by Crippen LogP contribution is -2.24. The van der Waals surface area contributed by atoms with Crippen molar-refractivity contribution in [1.29, 1.82) is 0 Å². The van der Waals surface area contributed by atoms with Crippen molar-refractivity contribution in [3.8, 4) is 0 Å². The van der Waals surface area contributed by atoms with E-state index in [0.717, 1.165) is 12.1 Å². The summed E-state index contributed by atoms with van der Waals surface area (Å²) in [6.45, 7) is 6.00. The molecule has 0 aliphatic rings. The Balaban J connectivity index is 2.82. The van der Waals surface area contributed by atoms with Crippen LogP contribution in [0.3, 0.4) is 0 Å². The van der Waals surface area contributed by atoms with Gasteiger partial charge in [-0.3, -0.25) is 4.98 Å². The molecule has 3 nitrogen and oxygen atoms in total. The first-order chi connectivity index (χ1) is 6.65. The van der Waals surface area contributed by atoms with Crippen molar-refractivity contribution in [1.82, 2.24) is 4.98 Å². The molecule has 0 saturated heterocycles. The number of anilines is 1. The Labute approximate surface area is 85.9 Å². The van der Waals surface area contributed by atoms with Crippen LogP contribution in [0, 0.1) is 5.92 Å². The zero-order valence-electron chi connectivity index (χ0n) is 9.20. The van der Waals surface area contributed by atoms with Gasteiger partial charge in [-0.2, -0.15) is 0 Å². The zero-order valence-corrected chi connectivity index (χ0v) is 9.20. The van der Waals surface area contributed by atoms with Gasteiger partial charge in [-0.1, -0.05) is 13.8 Å². The van der Waals surface area contributed by atoms with Gasteiger partial charge in [0.2, 0.25) is 0 Å². The molecule has 2 N–H and O–H groups in total. The van der Waals surface area contributed by atoms with Gasteiger partial charge in [-0.25, -0.2) is 0 Å². The standard InChI is InChI=1S/C11H19N3/c1-9(2)8-14(3)11-4-5-13-7-10(11)6-12/h4-5,7,9H,6,8,12H2,1-3H3. The van der Waals surface area contributed by atoms with Gasteiger partial charge in [0.1, 0.15) is 0 Å². The molecule has 0 fully saturated rings. The van der Waals surface area contributed by atoms with Crippen LogP contribution in [0.4, 0.5) is 5.69 Å². The Morgan fingerprint density at radius 3 is 2.79 bits per heavy atom. The summed E-state index contributed by atoms with van der Waals surface area (Å²) in [5.41, 5.74) is 7.95. The van der Waals surface area contributed by atoms with Crippen molar-refractivity contribution in [3.63, 3.8) is 0 Å². The van der Waals surface area contributed by atoms with Crippen LogP contribution in [-0.2, 0) is 6.54 Å². The number of aromatic nitrogens is 1. The molecular formula is C11H19N3. The lowest BCUT2D eigenvalue weighted by Gasteiger charge is -2.23. The molecule has 1 aromatic heterocycles. The van der Waals surface area contributed by atoms with E-state index in [1.807, 2.05) is 18.5 Å². The molecule has 0 aliphatic heterocycles. The third-order valence-corrected chi connectivity index (χ3v) is 2.15.